The third-order valence-corrected chi connectivity index (χ3v) is 6.12. The molecular formula is C26H25FN6O2. The summed E-state index contributed by atoms with van der Waals surface area (Å²) in [4.78, 5) is 21.3. The second-order valence-electron chi connectivity index (χ2n) is 8.41. The smallest absolute Gasteiger partial charge is 0.164 e. The number of aromatic nitrogens is 4. The summed E-state index contributed by atoms with van der Waals surface area (Å²) in [6.45, 7) is 4.41. The molecule has 3 heterocycles. The Morgan fingerprint density at radius 3 is 2.83 bits per heavy atom. The van der Waals surface area contributed by atoms with E-state index in [2.05, 4.69) is 21.9 Å². The lowest BCUT2D eigenvalue weighted by molar-refractivity contribution is -0.121. The summed E-state index contributed by atoms with van der Waals surface area (Å²) in [7, 11) is 0. The van der Waals surface area contributed by atoms with Crippen molar-refractivity contribution in [3.05, 3.63) is 73.3 Å². The van der Waals surface area contributed by atoms with Crippen LogP contribution < -0.4 is 15.8 Å². The third kappa shape index (κ3) is 4.38. The summed E-state index contributed by atoms with van der Waals surface area (Å²) in [5, 5.41) is 8.49. The molecule has 0 saturated carbocycles. The van der Waals surface area contributed by atoms with Crippen LogP contribution >= 0.6 is 0 Å². The van der Waals surface area contributed by atoms with Gasteiger partial charge < -0.3 is 15.8 Å². The van der Waals surface area contributed by atoms with Gasteiger partial charge in [0.05, 0.1) is 17.5 Å². The molecular weight excluding hydrogens is 447 g/mol. The number of carbonyl (C=O) groups is 1. The van der Waals surface area contributed by atoms with Gasteiger partial charge in [-0.05, 0) is 43.7 Å². The van der Waals surface area contributed by atoms with E-state index < -0.39 is 11.9 Å². The third-order valence-electron chi connectivity index (χ3n) is 6.12. The van der Waals surface area contributed by atoms with Gasteiger partial charge in [0.2, 0.25) is 0 Å². The van der Waals surface area contributed by atoms with Gasteiger partial charge in [0, 0.05) is 18.1 Å². The quantitative estimate of drug-likeness (QED) is 0.383. The van der Waals surface area contributed by atoms with Crippen LogP contribution in [0.2, 0.25) is 0 Å². The number of ketones is 1. The minimum Gasteiger partial charge on any atom is -0.457 e. The van der Waals surface area contributed by atoms with E-state index in [4.69, 9.17) is 15.6 Å². The Morgan fingerprint density at radius 2 is 2.06 bits per heavy atom. The van der Waals surface area contributed by atoms with E-state index in [9.17, 15) is 4.79 Å². The number of nitrogen functional groups attached to an aromatic ring is 1. The van der Waals surface area contributed by atoms with Crippen LogP contribution in [0.4, 0.5) is 10.2 Å². The predicted octanol–water partition coefficient (Wildman–Crippen LogP) is 4.45. The normalized spacial score (nSPS) is 17.9. The average Bonchev–Trinajstić information content (AvgIpc) is 3.25. The molecule has 1 aliphatic heterocycles. The number of allylic oxidation sites excluding steroid dienone is 1. The highest BCUT2D eigenvalue weighted by atomic mass is 19.1. The van der Waals surface area contributed by atoms with Crippen LogP contribution in [0.15, 0.2) is 67.5 Å². The van der Waals surface area contributed by atoms with Crippen molar-refractivity contribution in [2.24, 2.45) is 0 Å². The molecule has 0 bridgehead atoms. The molecule has 4 aromatic rings. The van der Waals surface area contributed by atoms with Crippen molar-refractivity contribution in [2.45, 2.75) is 31.3 Å². The van der Waals surface area contributed by atoms with Crippen LogP contribution in [-0.4, -0.2) is 38.1 Å². The summed E-state index contributed by atoms with van der Waals surface area (Å²) in [5.74, 6) is 0.654. The second kappa shape index (κ2) is 9.63. The number of nitrogens with zero attached hydrogens (tertiary/aromatic N) is 4. The first kappa shape index (κ1) is 22.7. The van der Waals surface area contributed by atoms with E-state index in [1.807, 2.05) is 18.2 Å². The Bertz CT molecular complexity index is 1390. The van der Waals surface area contributed by atoms with Gasteiger partial charge in [0.1, 0.15) is 35.2 Å². The number of anilines is 1. The van der Waals surface area contributed by atoms with Crippen molar-refractivity contribution in [1.29, 1.82) is 0 Å². The average molecular weight is 473 g/mol. The number of para-hydroxylation sites is 1. The van der Waals surface area contributed by atoms with E-state index in [0.717, 1.165) is 13.0 Å². The summed E-state index contributed by atoms with van der Waals surface area (Å²) < 4.78 is 22.8. The predicted molar refractivity (Wildman–Crippen MR) is 132 cm³/mol. The first-order valence-electron chi connectivity index (χ1n) is 11.5. The first-order valence-corrected chi connectivity index (χ1v) is 11.5. The number of piperidine rings is 1. The number of ether oxygens (including phenoxy) is 1. The summed E-state index contributed by atoms with van der Waals surface area (Å²) in [5.41, 5.74) is 7.24. The molecule has 0 radical (unpaired) electrons. The fraction of sp³-hybridized carbons (Fsp3) is 0.231. The number of nitrogens with one attached hydrogen (secondary N) is 1. The molecule has 0 amide bonds. The highest BCUT2D eigenvalue weighted by Crippen LogP contribution is 2.36. The monoisotopic (exact) mass is 472 g/mol. The lowest BCUT2D eigenvalue weighted by Gasteiger charge is -2.31. The van der Waals surface area contributed by atoms with Crippen LogP contribution in [0.1, 0.15) is 25.3 Å². The molecule has 1 fully saturated rings. The van der Waals surface area contributed by atoms with E-state index in [1.54, 1.807) is 35.0 Å². The van der Waals surface area contributed by atoms with E-state index in [-0.39, 0.29) is 29.6 Å². The standard InChI is InChI=1S/C26H25FN6O2/c1-2-7-21(34)24-20(10-6-13-29-24)33-26-22(25(28)30-15-31-26)23(32-33)18-12-11-17(14-19(18)27)35-16-8-4-3-5-9-16/h2-5,8-9,11-12,14-15,20,24,29H,1,6-7,10,13H2,(H2,28,30,31). The summed E-state index contributed by atoms with van der Waals surface area (Å²) in [6.07, 6.45) is 4.77. The van der Waals surface area contributed by atoms with Crippen LogP contribution in [0.5, 0.6) is 11.5 Å². The molecule has 3 N–H and O–H groups in total. The number of hydrogen-bond acceptors (Lipinski definition) is 7. The van der Waals surface area contributed by atoms with Gasteiger partial charge in [-0.25, -0.2) is 19.0 Å². The highest BCUT2D eigenvalue weighted by Gasteiger charge is 2.34. The molecule has 2 aromatic carbocycles. The zero-order valence-corrected chi connectivity index (χ0v) is 19.0. The van der Waals surface area contributed by atoms with Crippen molar-refractivity contribution in [2.75, 3.05) is 12.3 Å². The Kier molecular flexibility index (Phi) is 6.24. The van der Waals surface area contributed by atoms with Crippen LogP contribution in [-0.2, 0) is 4.79 Å². The maximum atomic E-state index is 15.4. The minimum atomic E-state index is -0.519. The molecule has 9 heteroatoms. The number of hydrogen-bond donors (Lipinski definition) is 2. The number of Topliss-reactive ketones (excluding diaryl/α,β-unsaturated/α-hetero) is 1. The maximum absolute atomic E-state index is 15.4. The number of carbonyl (C=O) groups excluding carboxylic acids is 1. The topological polar surface area (TPSA) is 108 Å². The van der Waals surface area contributed by atoms with Gasteiger partial charge in [-0.2, -0.15) is 5.10 Å². The molecule has 1 aliphatic rings. The van der Waals surface area contributed by atoms with Gasteiger partial charge in [0.25, 0.3) is 0 Å². The molecule has 5 rings (SSSR count). The molecule has 2 aromatic heterocycles. The fourth-order valence-corrected chi connectivity index (χ4v) is 4.52. The molecule has 1 saturated heterocycles. The van der Waals surface area contributed by atoms with Crippen LogP contribution in [0.3, 0.4) is 0 Å². The van der Waals surface area contributed by atoms with Crippen molar-refractivity contribution >= 4 is 22.6 Å². The van der Waals surface area contributed by atoms with Crippen molar-refractivity contribution < 1.29 is 13.9 Å². The van der Waals surface area contributed by atoms with Gasteiger partial charge in [-0.15, -0.1) is 6.58 Å². The number of rotatable bonds is 7. The largest absolute Gasteiger partial charge is 0.457 e. The van der Waals surface area contributed by atoms with Crippen LogP contribution in [0, 0.1) is 5.82 Å². The molecule has 0 spiro atoms. The minimum absolute atomic E-state index is 0.0190. The van der Waals surface area contributed by atoms with Gasteiger partial charge >= 0.3 is 0 Å². The fourth-order valence-electron chi connectivity index (χ4n) is 4.52. The Balaban J connectivity index is 1.58. The first-order chi connectivity index (χ1) is 17.1. The molecule has 35 heavy (non-hydrogen) atoms. The lowest BCUT2D eigenvalue weighted by atomic mass is 9.93. The molecule has 178 valence electrons. The van der Waals surface area contributed by atoms with Gasteiger partial charge in [-0.1, -0.05) is 24.3 Å². The van der Waals surface area contributed by atoms with Crippen LogP contribution in [0.25, 0.3) is 22.3 Å². The summed E-state index contributed by atoms with van der Waals surface area (Å²) in [6, 6.07) is 13.0. The molecule has 2 atom stereocenters. The SMILES string of the molecule is C=CCC(=O)C1NCCCC1n1nc(-c2ccc(Oc3ccccc3)cc2F)c2c(N)ncnc21. The molecule has 2 unspecified atom stereocenters. The van der Waals surface area contributed by atoms with Crippen molar-refractivity contribution in [1.82, 2.24) is 25.1 Å². The zero-order valence-electron chi connectivity index (χ0n) is 19.0. The van der Waals surface area contributed by atoms with E-state index in [0.29, 0.717) is 34.6 Å². The Hall–Kier alpha value is -4.11. The van der Waals surface area contributed by atoms with Crippen molar-refractivity contribution in [3.63, 3.8) is 0 Å². The number of fused-ring (bicyclic) bond motifs is 1. The lowest BCUT2D eigenvalue weighted by Crippen LogP contribution is -2.47. The van der Waals surface area contributed by atoms with E-state index in [1.165, 1.54) is 12.4 Å². The van der Waals surface area contributed by atoms with Gasteiger partial charge in [-0.3, -0.25) is 4.79 Å². The van der Waals surface area contributed by atoms with Crippen molar-refractivity contribution in [3.8, 4) is 22.8 Å². The number of nitrogens with two attached hydrogens (primary N) is 1. The number of halogens is 1. The van der Waals surface area contributed by atoms with Gasteiger partial charge in [0.15, 0.2) is 11.4 Å². The molecule has 0 aliphatic carbocycles. The number of benzene rings is 2. The van der Waals surface area contributed by atoms with E-state index >= 15 is 4.39 Å². The summed E-state index contributed by atoms with van der Waals surface area (Å²) >= 11 is 0. The Labute approximate surface area is 201 Å². The Morgan fingerprint density at radius 1 is 1.23 bits per heavy atom. The zero-order chi connectivity index (χ0) is 24.4. The second-order valence-corrected chi connectivity index (χ2v) is 8.41. The highest BCUT2D eigenvalue weighted by molar-refractivity contribution is 5.98. The maximum Gasteiger partial charge on any atom is 0.164 e. The molecule has 8 nitrogen and oxygen atoms in total.